The van der Waals surface area contributed by atoms with Gasteiger partial charge in [0.25, 0.3) is 0 Å². The van der Waals surface area contributed by atoms with Gasteiger partial charge in [-0.1, -0.05) is 0 Å². The van der Waals surface area contributed by atoms with E-state index in [0.717, 1.165) is 15.9 Å². The number of hydrogen-bond donors (Lipinski definition) is 1. The molecule has 1 N–H and O–H groups in total. The summed E-state index contributed by atoms with van der Waals surface area (Å²) in [5.74, 6) is 0. The van der Waals surface area contributed by atoms with Crippen molar-refractivity contribution in [2.45, 2.75) is 20.8 Å². The highest BCUT2D eigenvalue weighted by atomic mass is 35.5. The van der Waals surface area contributed by atoms with E-state index in [1.807, 2.05) is 19.9 Å². The second-order valence-electron chi connectivity index (χ2n) is 2.92. The molecule has 0 unspecified atom stereocenters. The van der Waals surface area contributed by atoms with Crippen LogP contribution >= 0.6 is 11.6 Å². The molecule has 1 heterocycles. The lowest BCUT2D eigenvalue weighted by atomic mass is 10.1. The van der Waals surface area contributed by atoms with E-state index in [4.69, 9.17) is 16.9 Å². The second kappa shape index (κ2) is 3.23. The predicted octanol–water partition coefficient (Wildman–Crippen LogP) is 1.66. The molecule has 0 aliphatic carbocycles. The van der Waals surface area contributed by atoms with Crippen LogP contribution in [0.1, 0.15) is 22.4 Å². The largest absolute Gasteiger partial charge is 0.343 e. The van der Waals surface area contributed by atoms with Crippen LogP contribution in [0.25, 0.3) is 0 Å². The molecule has 1 aromatic rings. The Morgan fingerprint density at radius 3 is 2.31 bits per heavy atom. The molecule has 0 saturated heterocycles. The highest BCUT2D eigenvalue weighted by Crippen LogP contribution is 2.19. The van der Waals surface area contributed by atoms with Crippen LogP contribution in [-0.2, 0) is 0 Å². The molecule has 13 heavy (non-hydrogen) atoms. The zero-order chi connectivity index (χ0) is 10.2. The smallest absolute Gasteiger partial charge is 0.283 e. The normalized spacial score (nSPS) is 9.77. The van der Waals surface area contributed by atoms with Crippen molar-refractivity contribution in [3.63, 3.8) is 0 Å². The lowest BCUT2D eigenvalue weighted by Gasteiger charge is -2.03. The average Bonchev–Trinajstić information content (AvgIpc) is 2.13. The monoisotopic (exact) mass is 197 g/mol. The lowest BCUT2D eigenvalue weighted by Crippen LogP contribution is -2.37. The van der Waals surface area contributed by atoms with Gasteiger partial charge in [-0.2, -0.15) is 5.26 Å². The van der Waals surface area contributed by atoms with Gasteiger partial charge in [0.2, 0.25) is 5.69 Å². The van der Waals surface area contributed by atoms with Gasteiger partial charge < -0.3 is 0 Å². The summed E-state index contributed by atoms with van der Waals surface area (Å²) in [5, 5.41) is 18.3. The van der Waals surface area contributed by atoms with E-state index in [2.05, 4.69) is 0 Å². The SMILES string of the molecule is Cc1c(C)c(C)[n+](O)c(Cl)c1C#N. The van der Waals surface area contributed by atoms with E-state index in [1.165, 1.54) is 0 Å². The Hall–Kier alpha value is -1.27. The van der Waals surface area contributed by atoms with Gasteiger partial charge in [-0.15, -0.1) is 0 Å². The summed E-state index contributed by atoms with van der Waals surface area (Å²) < 4.78 is 0.836. The highest BCUT2D eigenvalue weighted by Gasteiger charge is 2.23. The number of nitrogens with zero attached hydrogens (tertiary/aromatic N) is 2. The van der Waals surface area contributed by atoms with Gasteiger partial charge >= 0.3 is 5.15 Å². The van der Waals surface area contributed by atoms with Gasteiger partial charge in [0.05, 0.1) is 0 Å². The van der Waals surface area contributed by atoms with Crippen LogP contribution < -0.4 is 4.73 Å². The summed E-state index contributed by atoms with van der Waals surface area (Å²) in [4.78, 5) is 0. The lowest BCUT2D eigenvalue weighted by molar-refractivity contribution is -0.907. The molecule has 0 radical (unpaired) electrons. The standard InChI is InChI=1S/C9H10ClN2O/c1-5-6(2)8(4-11)9(10)12(13)7(5)3/h13H,1-3H3/q+1. The minimum atomic E-state index is 0.0723. The number of aromatic nitrogens is 1. The van der Waals surface area contributed by atoms with Gasteiger partial charge in [-0.05, 0) is 31.0 Å². The molecule has 4 heteroatoms. The molecule has 3 nitrogen and oxygen atoms in total. The van der Waals surface area contributed by atoms with E-state index in [9.17, 15) is 5.21 Å². The summed E-state index contributed by atoms with van der Waals surface area (Å²) in [6.07, 6.45) is 0. The zero-order valence-corrected chi connectivity index (χ0v) is 8.48. The summed E-state index contributed by atoms with van der Waals surface area (Å²) in [6.45, 7) is 5.40. The minimum absolute atomic E-state index is 0.0723. The first-order valence-electron chi connectivity index (χ1n) is 3.81. The minimum Gasteiger partial charge on any atom is -0.283 e. The van der Waals surface area contributed by atoms with Gasteiger partial charge in [-0.25, -0.2) is 0 Å². The quantitative estimate of drug-likeness (QED) is 0.391. The first-order chi connectivity index (χ1) is 6.00. The first-order valence-corrected chi connectivity index (χ1v) is 4.19. The van der Waals surface area contributed by atoms with Crippen molar-refractivity contribution in [3.05, 3.63) is 27.5 Å². The van der Waals surface area contributed by atoms with Gasteiger partial charge in [-0.3, -0.25) is 5.21 Å². The van der Waals surface area contributed by atoms with Crippen molar-refractivity contribution < 1.29 is 9.94 Å². The maximum atomic E-state index is 9.46. The molecule has 1 aromatic heterocycles. The Kier molecular flexibility index (Phi) is 2.44. The van der Waals surface area contributed by atoms with Crippen molar-refractivity contribution in [2.75, 3.05) is 0 Å². The molecule has 0 bridgehead atoms. The Balaban J connectivity index is 3.69. The van der Waals surface area contributed by atoms with Crippen molar-refractivity contribution in [2.24, 2.45) is 0 Å². The van der Waals surface area contributed by atoms with E-state index < -0.39 is 0 Å². The van der Waals surface area contributed by atoms with Gasteiger partial charge in [0.15, 0.2) is 0 Å². The number of rotatable bonds is 0. The molecule has 1 rings (SSSR count). The fourth-order valence-corrected chi connectivity index (χ4v) is 1.47. The summed E-state index contributed by atoms with van der Waals surface area (Å²) >= 11 is 5.77. The Morgan fingerprint density at radius 2 is 1.85 bits per heavy atom. The summed E-state index contributed by atoms with van der Waals surface area (Å²) in [6, 6.07) is 1.96. The number of nitriles is 1. The van der Waals surface area contributed by atoms with Crippen LogP contribution in [-0.4, -0.2) is 5.21 Å². The molecular formula is C9H10ClN2O+. The van der Waals surface area contributed by atoms with Crippen LogP contribution in [0.5, 0.6) is 0 Å². The number of halogens is 1. The third-order valence-corrected chi connectivity index (χ3v) is 2.65. The third kappa shape index (κ3) is 1.34. The molecule has 0 atom stereocenters. The van der Waals surface area contributed by atoms with Crippen LogP contribution in [0.2, 0.25) is 5.15 Å². The predicted molar refractivity (Wildman–Crippen MR) is 47.8 cm³/mol. The van der Waals surface area contributed by atoms with Crippen molar-refractivity contribution in [1.82, 2.24) is 0 Å². The fourth-order valence-electron chi connectivity index (χ4n) is 1.16. The van der Waals surface area contributed by atoms with E-state index in [1.54, 1.807) is 6.92 Å². The Bertz CT molecular complexity index is 378. The van der Waals surface area contributed by atoms with Crippen LogP contribution in [0.3, 0.4) is 0 Å². The maximum absolute atomic E-state index is 9.46. The zero-order valence-electron chi connectivity index (χ0n) is 7.72. The molecule has 0 amide bonds. The molecule has 0 aliphatic rings. The molecule has 0 fully saturated rings. The van der Waals surface area contributed by atoms with Crippen LogP contribution in [0.15, 0.2) is 0 Å². The van der Waals surface area contributed by atoms with Gasteiger partial charge in [0.1, 0.15) is 11.6 Å². The van der Waals surface area contributed by atoms with Crippen molar-refractivity contribution in [1.29, 1.82) is 5.26 Å². The topological polar surface area (TPSA) is 47.9 Å². The second-order valence-corrected chi connectivity index (χ2v) is 3.28. The molecule has 0 saturated carbocycles. The first kappa shape index (κ1) is 9.82. The van der Waals surface area contributed by atoms with Gasteiger partial charge in [0, 0.05) is 17.2 Å². The molecule has 0 aliphatic heterocycles. The fraction of sp³-hybridized carbons (Fsp3) is 0.333. The number of hydrogen-bond acceptors (Lipinski definition) is 2. The van der Waals surface area contributed by atoms with Crippen LogP contribution in [0.4, 0.5) is 0 Å². The molecular weight excluding hydrogens is 188 g/mol. The molecule has 68 valence electrons. The summed E-state index contributed by atoms with van der Waals surface area (Å²) in [5.41, 5.74) is 2.67. The van der Waals surface area contributed by atoms with E-state index >= 15 is 0 Å². The highest BCUT2D eigenvalue weighted by molar-refractivity contribution is 6.29. The van der Waals surface area contributed by atoms with E-state index in [-0.39, 0.29) is 5.15 Å². The third-order valence-electron chi connectivity index (χ3n) is 2.30. The van der Waals surface area contributed by atoms with Crippen LogP contribution in [0, 0.1) is 32.1 Å². The molecule has 0 aromatic carbocycles. The van der Waals surface area contributed by atoms with E-state index in [0.29, 0.717) is 11.3 Å². The van der Waals surface area contributed by atoms with Crippen molar-refractivity contribution in [3.8, 4) is 6.07 Å². The Labute approximate surface area is 81.8 Å². The Morgan fingerprint density at radius 1 is 1.31 bits per heavy atom. The number of pyridine rings is 1. The molecule has 0 spiro atoms. The van der Waals surface area contributed by atoms with Crippen molar-refractivity contribution >= 4 is 11.6 Å². The summed E-state index contributed by atoms with van der Waals surface area (Å²) in [7, 11) is 0. The maximum Gasteiger partial charge on any atom is 0.343 e. The average molecular weight is 198 g/mol.